The van der Waals surface area contributed by atoms with E-state index in [0.717, 1.165) is 29.8 Å². The molecule has 1 N–H and O–H groups in total. The van der Waals surface area contributed by atoms with Gasteiger partial charge >= 0.3 is 0 Å². The maximum absolute atomic E-state index is 4.58. The summed E-state index contributed by atoms with van der Waals surface area (Å²) in [6.07, 6.45) is 5.14. The summed E-state index contributed by atoms with van der Waals surface area (Å²) in [6.45, 7) is 3.05. The SMILES string of the molecule is Cc1cc[n+](CCc2nc3ccccc3[nH]2)cc1.[Br-]. The van der Waals surface area contributed by atoms with Crippen molar-refractivity contribution in [1.82, 2.24) is 9.97 Å². The molecule has 0 radical (unpaired) electrons. The number of imidazole rings is 1. The second-order valence-electron chi connectivity index (χ2n) is 4.56. The van der Waals surface area contributed by atoms with Crippen molar-refractivity contribution in [3.05, 3.63) is 60.2 Å². The Morgan fingerprint density at radius 1 is 1.11 bits per heavy atom. The van der Waals surface area contributed by atoms with Gasteiger partial charge in [0, 0.05) is 12.1 Å². The van der Waals surface area contributed by atoms with Crippen LogP contribution in [0.4, 0.5) is 0 Å². The molecule has 0 aliphatic rings. The Morgan fingerprint density at radius 3 is 2.58 bits per heavy atom. The topological polar surface area (TPSA) is 32.6 Å². The molecule has 0 atom stereocenters. The van der Waals surface area contributed by atoms with Crippen LogP contribution in [0, 0.1) is 6.92 Å². The van der Waals surface area contributed by atoms with Crippen LogP contribution in [-0.2, 0) is 13.0 Å². The summed E-state index contributed by atoms with van der Waals surface area (Å²) in [6, 6.07) is 12.4. The van der Waals surface area contributed by atoms with Gasteiger partial charge in [-0.15, -0.1) is 0 Å². The highest BCUT2D eigenvalue weighted by atomic mass is 79.9. The van der Waals surface area contributed by atoms with Gasteiger partial charge in [0.2, 0.25) is 0 Å². The number of benzene rings is 1. The molecule has 2 heterocycles. The van der Waals surface area contributed by atoms with E-state index >= 15 is 0 Å². The quantitative estimate of drug-likeness (QED) is 0.643. The molecule has 0 saturated carbocycles. The van der Waals surface area contributed by atoms with Gasteiger partial charge in [-0.1, -0.05) is 12.1 Å². The lowest BCUT2D eigenvalue weighted by molar-refractivity contribution is -0.696. The predicted molar refractivity (Wildman–Crippen MR) is 71.2 cm³/mol. The number of pyridine rings is 1. The number of aromatic amines is 1. The van der Waals surface area contributed by atoms with Gasteiger partial charge in [-0.3, -0.25) is 0 Å². The number of nitrogens with one attached hydrogen (secondary N) is 1. The van der Waals surface area contributed by atoms with Crippen LogP contribution >= 0.6 is 0 Å². The second kappa shape index (κ2) is 5.97. The van der Waals surface area contributed by atoms with Crippen molar-refractivity contribution in [2.45, 2.75) is 19.9 Å². The second-order valence-corrected chi connectivity index (χ2v) is 4.56. The fraction of sp³-hybridized carbons (Fsp3) is 0.200. The Bertz CT molecular complexity index is 625. The van der Waals surface area contributed by atoms with Gasteiger partial charge in [-0.2, -0.15) is 0 Å². The van der Waals surface area contributed by atoms with Crippen molar-refractivity contribution in [2.24, 2.45) is 0 Å². The fourth-order valence-corrected chi connectivity index (χ4v) is 2.04. The molecule has 3 aromatic rings. The van der Waals surface area contributed by atoms with Gasteiger partial charge in [0.25, 0.3) is 0 Å². The molecule has 1 aromatic carbocycles. The van der Waals surface area contributed by atoms with Crippen molar-refractivity contribution in [3.63, 3.8) is 0 Å². The van der Waals surface area contributed by atoms with Crippen LogP contribution in [0.1, 0.15) is 11.4 Å². The zero-order valence-electron chi connectivity index (χ0n) is 10.8. The molecule has 0 aliphatic heterocycles. The Hall–Kier alpha value is -1.68. The summed E-state index contributed by atoms with van der Waals surface area (Å²) < 4.78 is 2.18. The van der Waals surface area contributed by atoms with Gasteiger partial charge in [0.1, 0.15) is 5.82 Å². The summed E-state index contributed by atoms with van der Waals surface area (Å²) in [5.41, 5.74) is 3.44. The fourth-order valence-electron chi connectivity index (χ4n) is 2.04. The molecular formula is C15H16BrN3. The van der Waals surface area contributed by atoms with Crippen molar-refractivity contribution in [1.29, 1.82) is 0 Å². The molecule has 3 nitrogen and oxygen atoms in total. The Balaban J connectivity index is 0.00000133. The van der Waals surface area contributed by atoms with Gasteiger partial charge in [0.15, 0.2) is 18.9 Å². The van der Waals surface area contributed by atoms with Crippen molar-refractivity contribution in [3.8, 4) is 0 Å². The normalized spacial score (nSPS) is 10.4. The van der Waals surface area contributed by atoms with E-state index in [1.54, 1.807) is 0 Å². The third kappa shape index (κ3) is 3.20. The number of H-pyrrole nitrogens is 1. The van der Waals surface area contributed by atoms with Crippen LogP contribution in [0.5, 0.6) is 0 Å². The number of fused-ring (bicyclic) bond motifs is 1. The molecule has 2 aromatic heterocycles. The minimum absolute atomic E-state index is 0. The average Bonchev–Trinajstić information content (AvgIpc) is 2.81. The first kappa shape index (κ1) is 13.7. The highest BCUT2D eigenvalue weighted by Crippen LogP contribution is 2.10. The Kier molecular flexibility index (Phi) is 4.32. The van der Waals surface area contributed by atoms with E-state index < -0.39 is 0 Å². The molecular weight excluding hydrogens is 302 g/mol. The van der Waals surface area contributed by atoms with Crippen molar-refractivity contribution < 1.29 is 21.5 Å². The van der Waals surface area contributed by atoms with Gasteiger partial charge in [-0.25, -0.2) is 9.55 Å². The smallest absolute Gasteiger partial charge is 0.169 e. The zero-order chi connectivity index (χ0) is 12.4. The third-order valence-corrected chi connectivity index (χ3v) is 3.10. The summed E-state index contributed by atoms with van der Waals surface area (Å²) in [5, 5.41) is 0. The average molecular weight is 318 g/mol. The molecule has 0 spiro atoms. The number of aryl methyl sites for hydroxylation is 3. The lowest BCUT2D eigenvalue weighted by atomic mass is 10.3. The van der Waals surface area contributed by atoms with E-state index in [1.165, 1.54) is 5.56 Å². The number of para-hydroxylation sites is 2. The minimum Gasteiger partial charge on any atom is -1.00 e. The summed E-state index contributed by atoms with van der Waals surface area (Å²) in [7, 11) is 0. The summed E-state index contributed by atoms with van der Waals surface area (Å²) in [5.74, 6) is 1.05. The van der Waals surface area contributed by atoms with E-state index in [4.69, 9.17) is 0 Å². The standard InChI is InChI=1S/C15H16N3.BrH/c1-12-6-9-18(10-7-12)11-8-15-16-13-4-2-3-5-14(13)17-15;/h2-7,9-10H,8,11H2,1H3,(H,16,17);1H/q+1;/p-1. The highest BCUT2D eigenvalue weighted by Gasteiger charge is 2.05. The van der Waals surface area contributed by atoms with E-state index in [2.05, 4.69) is 52.1 Å². The first-order valence-corrected chi connectivity index (χ1v) is 6.20. The van der Waals surface area contributed by atoms with E-state index in [-0.39, 0.29) is 17.0 Å². The van der Waals surface area contributed by atoms with Gasteiger partial charge in [-0.05, 0) is 24.6 Å². The number of nitrogens with zero attached hydrogens (tertiary/aromatic N) is 2. The van der Waals surface area contributed by atoms with Crippen LogP contribution in [0.25, 0.3) is 11.0 Å². The largest absolute Gasteiger partial charge is 1.00 e. The molecule has 4 heteroatoms. The lowest BCUT2D eigenvalue weighted by Gasteiger charge is -1.95. The molecule has 0 amide bonds. The first-order chi connectivity index (χ1) is 8.81. The van der Waals surface area contributed by atoms with Crippen LogP contribution < -0.4 is 21.5 Å². The summed E-state index contributed by atoms with van der Waals surface area (Å²) >= 11 is 0. The Morgan fingerprint density at radius 2 is 1.84 bits per heavy atom. The molecule has 3 rings (SSSR count). The number of rotatable bonds is 3. The van der Waals surface area contributed by atoms with Crippen molar-refractivity contribution >= 4 is 11.0 Å². The van der Waals surface area contributed by atoms with Crippen LogP contribution in [0.2, 0.25) is 0 Å². The van der Waals surface area contributed by atoms with Crippen molar-refractivity contribution in [2.75, 3.05) is 0 Å². The van der Waals surface area contributed by atoms with Crippen LogP contribution in [0.15, 0.2) is 48.8 Å². The molecule has 0 bridgehead atoms. The maximum Gasteiger partial charge on any atom is 0.169 e. The third-order valence-electron chi connectivity index (χ3n) is 3.10. The highest BCUT2D eigenvalue weighted by molar-refractivity contribution is 5.74. The Labute approximate surface area is 123 Å². The number of aromatic nitrogens is 3. The van der Waals surface area contributed by atoms with E-state index in [1.807, 2.05) is 18.2 Å². The van der Waals surface area contributed by atoms with E-state index in [0.29, 0.717) is 0 Å². The van der Waals surface area contributed by atoms with Crippen LogP contribution in [-0.4, -0.2) is 9.97 Å². The predicted octanol–water partition coefficient (Wildman–Crippen LogP) is -0.594. The number of hydrogen-bond acceptors (Lipinski definition) is 1. The molecule has 98 valence electrons. The molecule has 0 saturated heterocycles. The van der Waals surface area contributed by atoms with Gasteiger partial charge in [0.05, 0.1) is 17.5 Å². The number of hydrogen-bond donors (Lipinski definition) is 1. The number of halogens is 1. The zero-order valence-corrected chi connectivity index (χ0v) is 12.4. The monoisotopic (exact) mass is 317 g/mol. The molecule has 0 unspecified atom stereocenters. The molecule has 19 heavy (non-hydrogen) atoms. The molecule has 0 fully saturated rings. The minimum atomic E-state index is 0. The summed E-state index contributed by atoms with van der Waals surface area (Å²) in [4.78, 5) is 7.93. The van der Waals surface area contributed by atoms with E-state index in [9.17, 15) is 0 Å². The van der Waals surface area contributed by atoms with Gasteiger partial charge < -0.3 is 22.0 Å². The first-order valence-electron chi connectivity index (χ1n) is 6.20. The molecule has 0 aliphatic carbocycles. The maximum atomic E-state index is 4.58. The van der Waals surface area contributed by atoms with Crippen LogP contribution in [0.3, 0.4) is 0 Å². The lowest BCUT2D eigenvalue weighted by Crippen LogP contribution is -3.00.